The maximum Gasteiger partial charge on any atom is 0.150 e. The molecule has 17 heavy (non-hydrogen) atoms. The molecule has 0 aromatic heterocycles. The van der Waals surface area contributed by atoms with Crippen LogP contribution < -0.4 is 0 Å². The Balaban J connectivity index is 3.51. The van der Waals surface area contributed by atoms with E-state index in [1.165, 1.54) is 0 Å². The Hall–Kier alpha value is -0.570. The molecule has 0 fully saturated rings. The van der Waals surface area contributed by atoms with Crippen LogP contribution in [-0.2, 0) is 9.84 Å². The van der Waals surface area contributed by atoms with Crippen molar-refractivity contribution in [2.75, 3.05) is 11.5 Å². The first kappa shape index (κ1) is 16.4. The van der Waals surface area contributed by atoms with Gasteiger partial charge in [0.15, 0.2) is 0 Å². The van der Waals surface area contributed by atoms with Gasteiger partial charge in [0, 0.05) is 0 Å². The minimum atomic E-state index is -2.81. The predicted molar refractivity (Wildman–Crippen MR) is 76.0 cm³/mol. The molecule has 0 radical (unpaired) electrons. The summed E-state index contributed by atoms with van der Waals surface area (Å²) in [6.45, 7) is 7.29. The zero-order valence-corrected chi connectivity index (χ0v) is 11.7. The van der Waals surface area contributed by atoms with Gasteiger partial charge in [-0.3, -0.25) is 0 Å². The predicted octanol–water partition coefficient (Wildman–Crippen LogP) is 3.89. The topological polar surface area (TPSA) is 34.1 Å². The van der Waals surface area contributed by atoms with Gasteiger partial charge in [0.1, 0.15) is 9.84 Å². The molecule has 0 unspecified atom stereocenters. The van der Waals surface area contributed by atoms with Crippen molar-refractivity contribution in [2.24, 2.45) is 0 Å². The first-order chi connectivity index (χ1) is 8.12. The summed E-state index contributed by atoms with van der Waals surface area (Å²) in [7, 11) is -2.81. The van der Waals surface area contributed by atoms with Crippen molar-refractivity contribution in [1.29, 1.82) is 0 Å². The van der Waals surface area contributed by atoms with E-state index in [0.717, 1.165) is 51.4 Å². The van der Waals surface area contributed by atoms with Gasteiger partial charge in [0.2, 0.25) is 0 Å². The van der Waals surface area contributed by atoms with E-state index < -0.39 is 9.84 Å². The number of allylic oxidation sites excluding steroid dienone is 2. The van der Waals surface area contributed by atoms with Gasteiger partial charge in [-0.15, -0.1) is 13.2 Å². The Morgan fingerprint density at radius 1 is 0.706 bits per heavy atom. The van der Waals surface area contributed by atoms with Crippen LogP contribution in [0.15, 0.2) is 25.3 Å². The van der Waals surface area contributed by atoms with Crippen LogP contribution in [0.2, 0.25) is 0 Å². The minimum absolute atomic E-state index is 0.353. The molecular weight excluding hydrogens is 232 g/mol. The molecule has 0 spiro atoms. The maximum atomic E-state index is 11.7. The van der Waals surface area contributed by atoms with Crippen molar-refractivity contribution >= 4 is 9.84 Å². The molecule has 0 rings (SSSR count). The largest absolute Gasteiger partial charge is 0.229 e. The second-order valence-corrected chi connectivity index (χ2v) is 6.73. The first-order valence-corrected chi connectivity index (χ1v) is 8.37. The molecule has 100 valence electrons. The number of unbranched alkanes of at least 4 members (excludes halogenated alkanes) is 6. The summed E-state index contributed by atoms with van der Waals surface area (Å²) in [5.74, 6) is 0.706. The van der Waals surface area contributed by atoms with Crippen LogP contribution in [0.5, 0.6) is 0 Å². The molecule has 0 aliphatic rings. The van der Waals surface area contributed by atoms with E-state index in [0.29, 0.717) is 11.5 Å². The summed E-state index contributed by atoms with van der Waals surface area (Å²) in [5.41, 5.74) is 0. The van der Waals surface area contributed by atoms with Crippen LogP contribution in [0.1, 0.15) is 51.4 Å². The van der Waals surface area contributed by atoms with Crippen molar-refractivity contribution < 1.29 is 8.42 Å². The van der Waals surface area contributed by atoms with E-state index in [4.69, 9.17) is 0 Å². The number of hydrogen-bond acceptors (Lipinski definition) is 2. The Labute approximate surface area is 107 Å². The zero-order chi connectivity index (χ0) is 13.0. The fraction of sp³-hybridized carbons (Fsp3) is 0.714. The molecule has 0 aliphatic heterocycles. The van der Waals surface area contributed by atoms with E-state index >= 15 is 0 Å². The molecule has 0 bridgehead atoms. The molecule has 0 aliphatic carbocycles. The van der Waals surface area contributed by atoms with Crippen LogP contribution in [0.4, 0.5) is 0 Å². The van der Waals surface area contributed by atoms with Gasteiger partial charge in [0.05, 0.1) is 11.5 Å². The van der Waals surface area contributed by atoms with E-state index in [1.54, 1.807) is 0 Å². The lowest BCUT2D eigenvalue weighted by Gasteiger charge is -2.03. The average molecular weight is 258 g/mol. The van der Waals surface area contributed by atoms with E-state index in [1.807, 2.05) is 12.2 Å². The van der Waals surface area contributed by atoms with Crippen molar-refractivity contribution in [3.8, 4) is 0 Å². The molecule has 0 saturated carbocycles. The molecule has 0 saturated heterocycles. The molecule has 0 aromatic rings. The molecule has 0 atom stereocenters. The Morgan fingerprint density at radius 3 is 1.47 bits per heavy atom. The Bertz CT molecular complexity index is 267. The lowest BCUT2D eigenvalue weighted by molar-refractivity contribution is 0.584. The van der Waals surface area contributed by atoms with Gasteiger partial charge in [-0.05, 0) is 38.5 Å². The van der Waals surface area contributed by atoms with Gasteiger partial charge in [-0.25, -0.2) is 8.42 Å². The Kier molecular flexibility index (Phi) is 10.2. The molecule has 0 aromatic carbocycles. The van der Waals surface area contributed by atoms with Crippen LogP contribution in [0, 0.1) is 0 Å². The fourth-order valence-electron chi connectivity index (χ4n) is 1.68. The van der Waals surface area contributed by atoms with E-state index in [-0.39, 0.29) is 0 Å². The highest BCUT2D eigenvalue weighted by Gasteiger charge is 2.09. The second-order valence-electron chi connectivity index (χ2n) is 4.43. The third-order valence-electron chi connectivity index (χ3n) is 2.73. The summed E-state index contributed by atoms with van der Waals surface area (Å²) in [6.07, 6.45) is 11.4. The van der Waals surface area contributed by atoms with Crippen molar-refractivity contribution in [3.05, 3.63) is 25.3 Å². The van der Waals surface area contributed by atoms with Gasteiger partial charge in [-0.1, -0.05) is 25.0 Å². The monoisotopic (exact) mass is 258 g/mol. The molecule has 0 N–H and O–H groups in total. The summed E-state index contributed by atoms with van der Waals surface area (Å²) in [4.78, 5) is 0. The minimum Gasteiger partial charge on any atom is -0.229 e. The van der Waals surface area contributed by atoms with Gasteiger partial charge < -0.3 is 0 Å². The van der Waals surface area contributed by atoms with Crippen molar-refractivity contribution in [2.45, 2.75) is 51.4 Å². The number of rotatable bonds is 12. The van der Waals surface area contributed by atoms with Gasteiger partial charge >= 0.3 is 0 Å². The van der Waals surface area contributed by atoms with Crippen molar-refractivity contribution in [3.63, 3.8) is 0 Å². The zero-order valence-electron chi connectivity index (χ0n) is 10.9. The third kappa shape index (κ3) is 11.7. The quantitative estimate of drug-likeness (QED) is 0.393. The second kappa shape index (κ2) is 10.6. The summed E-state index contributed by atoms with van der Waals surface area (Å²) >= 11 is 0. The molecule has 3 heteroatoms. The lowest BCUT2D eigenvalue weighted by atomic mass is 10.2. The summed E-state index contributed by atoms with van der Waals surface area (Å²) in [5, 5.41) is 0. The molecule has 2 nitrogen and oxygen atoms in total. The molecular formula is C14H26O2S. The average Bonchev–Trinajstić information content (AvgIpc) is 2.28. The smallest absolute Gasteiger partial charge is 0.150 e. The third-order valence-corrected chi connectivity index (χ3v) is 4.55. The lowest BCUT2D eigenvalue weighted by Crippen LogP contribution is -2.11. The summed E-state index contributed by atoms with van der Waals surface area (Å²) < 4.78 is 23.3. The van der Waals surface area contributed by atoms with Gasteiger partial charge in [-0.2, -0.15) is 0 Å². The Morgan fingerprint density at radius 2 is 1.12 bits per heavy atom. The van der Waals surface area contributed by atoms with Crippen LogP contribution in [0.3, 0.4) is 0 Å². The number of hydrogen-bond donors (Lipinski definition) is 0. The number of sulfone groups is 1. The molecule has 0 heterocycles. The highest BCUT2D eigenvalue weighted by atomic mass is 32.2. The van der Waals surface area contributed by atoms with E-state index in [9.17, 15) is 8.42 Å². The SMILES string of the molecule is C=CCCCCCS(=O)(=O)CCCCCC=C. The first-order valence-electron chi connectivity index (χ1n) is 6.54. The standard InChI is InChI=1S/C14H26O2S/c1-3-5-7-9-11-13-17(15,16)14-12-10-8-6-4-2/h3-4H,1-2,5-14H2. The van der Waals surface area contributed by atoms with E-state index in [2.05, 4.69) is 13.2 Å². The maximum absolute atomic E-state index is 11.7. The van der Waals surface area contributed by atoms with Crippen molar-refractivity contribution in [1.82, 2.24) is 0 Å². The highest BCUT2D eigenvalue weighted by Crippen LogP contribution is 2.07. The van der Waals surface area contributed by atoms with Crippen LogP contribution in [0.25, 0.3) is 0 Å². The highest BCUT2D eigenvalue weighted by molar-refractivity contribution is 7.91. The molecule has 0 amide bonds. The fourth-order valence-corrected chi connectivity index (χ4v) is 3.17. The van der Waals surface area contributed by atoms with Gasteiger partial charge in [0.25, 0.3) is 0 Å². The van der Waals surface area contributed by atoms with Crippen LogP contribution in [-0.4, -0.2) is 19.9 Å². The normalized spacial score (nSPS) is 11.3. The van der Waals surface area contributed by atoms with Crippen LogP contribution >= 0.6 is 0 Å². The summed E-state index contributed by atoms with van der Waals surface area (Å²) in [6, 6.07) is 0.